The first-order valence-corrected chi connectivity index (χ1v) is 9.93. The molecule has 19 heavy (non-hydrogen) atoms. The van der Waals surface area contributed by atoms with Crippen LogP contribution in [0.4, 0.5) is 0 Å². The van der Waals surface area contributed by atoms with E-state index >= 15 is 0 Å². The summed E-state index contributed by atoms with van der Waals surface area (Å²) in [6.07, 6.45) is 0. The normalized spacial score (nSPS) is 10.9. The van der Waals surface area contributed by atoms with Gasteiger partial charge < -0.3 is 0 Å². The molecule has 0 atom stereocenters. The molecule has 0 nitrogen and oxygen atoms in total. The minimum atomic E-state index is -1.76. The number of hydrogen-bond acceptors (Lipinski definition) is 0. The van der Waals surface area contributed by atoms with E-state index in [0.717, 1.165) is 0 Å². The second kappa shape index (κ2) is 6.29. The zero-order valence-corrected chi connectivity index (χ0v) is 14.0. The Kier molecular flexibility index (Phi) is 4.70. The van der Waals surface area contributed by atoms with Crippen LogP contribution < -0.4 is 7.22 Å². The van der Waals surface area contributed by atoms with Gasteiger partial charge in [-0.05, 0) is 0 Å². The first-order chi connectivity index (χ1) is 9.06. The van der Waals surface area contributed by atoms with Crippen molar-refractivity contribution in [1.29, 1.82) is 0 Å². The van der Waals surface area contributed by atoms with E-state index in [-0.39, 0.29) is 5.41 Å². The third kappa shape index (κ3) is 4.43. The Balaban J connectivity index is 2.42. The second-order valence-electron chi connectivity index (χ2n) is 5.41. The predicted octanol–water partition coefficient (Wildman–Crippen LogP) is 2.88. The van der Waals surface area contributed by atoms with Crippen molar-refractivity contribution in [1.82, 2.24) is 0 Å². The van der Waals surface area contributed by atoms with Crippen LogP contribution in [0.2, 0.25) is 0 Å². The van der Waals surface area contributed by atoms with Crippen LogP contribution in [0.1, 0.15) is 20.8 Å². The van der Waals surface area contributed by atoms with Gasteiger partial charge in [0.15, 0.2) is 0 Å². The Hall–Kier alpha value is -1.21. The summed E-state index contributed by atoms with van der Waals surface area (Å²) >= 11 is -1.76. The van der Waals surface area contributed by atoms with Crippen molar-refractivity contribution in [3.63, 3.8) is 0 Å². The Morgan fingerprint density at radius 3 is 1.53 bits per heavy atom. The fraction of sp³-hybridized carbons (Fsp3) is 0.222. The van der Waals surface area contributed by atoms with E-state index in [4.69, 9.17) is 0 Å². The fourth-order valence-corrected chi connectivity index (χ4v) is 6.64. The number of hydrogen-bond donors (Lipinski definition) is 0. The Morgan fingerprint density at radius 1 is 0.737 bits per heavy atom. The van der Waals surface area contributed by atoms with Crippen LogP contribution in [0.15, 0.2) is 60.7 Å². The summed E-state index contributed by atoms with van der Waals surface area (Å²) < 4.78 is 6.46. The molecular formula is C18H19Te+. The van der Waals surface area contributed by atoms with Crippen molar-refractivity contribution in [2.24, 2.45) is 5.41 Å². The van der Waals surface area contributed by atoms with Crippen LogP contribution in [0.5, 0.6) is 0 Å². The van der Waals surface area contributed by atoms with E-state index in [0.29, 0.717) is 0 Å². The van der Waals surface area contributed by atoms with Gasteiger partial charge in [0.1, 0.15) is 0 Å². The van der Waals surface area contributed by atoms with Crippen LogP contribution in [0, 0.1) is 15.3 Å². The van der Waals surface area contributed by atoms with Crippen LogP contribution in [0.25, 0.3) is 0 Å². The topological polar surface area (TPSA) is 0 Å². The molecule has 2 aromatic rings. The van der Waals surface area contributed by atoms with E-state index in [1.54, 1.807) is 0 Å². The molecule has 0 fully saturated rings. The standard InChI is InChI=1S/C18H19Te/c1-18(2,3)14-15-19(16-10-6-4-7-11-16)17-12-8-5-9-13-17/h4-13H,1-3H3/q+1. The Morgan fingerprint density at radius 2 is 1.16 bits per heavy atom. The van der Waals surface area contributed by atoms with Crippen molar-refractivity contribution in [3.8, 4) is 9.89 Å². The van der Waals surface area contributed by atoms with Gasteiger partial charge in [0.05, 0.1) is 0 Å². The summed E-state index contributed by atoms with van der Waals surface area (Å²) in [6, 6.07) is 21.5. The van der Waals surface area contributed by atoms with E-state index in [2.05, 4.69) is 91.3 Å². The molecule has 96 valence electrons. The maximum absolute atomic E-state index is 3.61. The van der Waals surface area contributed by atoms with Crippen molar-refractivity contribution >= 4 is 26.8 Å². The quantitative estimate of drug-likeness (QED) is 0.569. The second-order valence-corrected chi connectivity index (χ2v) is 10.4. The van der Waals surface area contributed by atoms with Gasteiger partial charge in [0, 0.05) is 0 Å². The monoisotopic (exact) mass is 365 g/mol. The predicted molar refractivity (Wildman–Crippen MR) is 85.1 cm³/mol. The van der Waals surface area contributed by atoms with Gasteiger partial charge in [-0.2, -0.15) is 0 Å². The zero-order valence-electron chi connectivity index (χ0n) is 11.7. The molecule has 0 saturated carbocycles. The summed E-state index contributed by atoms with van der Waals surface area (Å²) in [7, 11) is 0. The molecule has 0 spiro atoms. The Labute approximate surface area is 123 Å². The van der Waals surface area contributed by atoms with Crippen LogP contribution in [0.3, 0.4) is 0 Å². The molecule has 0 aromatic heterocycles. The van der Waals surface area contributed by atoms with E-state index < -0.39 is 19.6 Å². The van der Waals surface area contributed by atoms with Crippen LogP contribution in [-0.2, 0) is 0 Å². The molecule has 0 saturated heterocycles. The van der Waals surface area contributed by atoms with Gasteiger partial charge in [0.25, 0.3) is 0 Å². The molecule has 0 aliphatic heterocycles. The molecule has 0 radical (unpaired) electrons. The first kappa shape index (κ1) is 14.2. The molecule has 0 unspecified atom stereocenters. The molecular weight excluding hydrogens is 344 g/mol. The molecule has 0 amide bonds. The van der Waals surface area contributed by atoms with Gasteiger partial charge in [0.2, 0.25) is 0 Å². The van der Waals surface area contributed by atoms with E-state index in [1.165, 1.54) is 7.22 Å². The number of rotatable bonds is 2. The van der Waals surface area contributed by atoms with Crippen LogP contribution >= 0.6 is 0 Å². The zero-order chi connectivity index (χ0) is 13.7. The van der Waals surface area contributed by atoms with Crippen LogP contribution in [-0.4, -0.2) is 19.6 Å². The van der Waals surface area contributed by atoms with Crippen molar-refractivity contribution < 1.29 is 0 Å². The van der Waals surface area contributed by atoms with Crippen molar-refractivity contribution in [3.05, 3.63) is 60.7 Å². The molecule has 0 aliphatic carbocycles. The third-order valence-corrected chi connectivity index (χ3v) is 7.60. The van der Waals surface area contributed by atoms with E-state index in [1.807, 2.05) is 0 Å². The Bertz CT molecular complexity index is 528. The maximum atomic E-state index is 3.61. The van der Waals surface area contributed by atoms with Crippen molar-refractivity contribution in [2.75, 3.05) is 0 Å². The first-order valence-electron chi connectivity index (χ1n) is 6.43. The average molecular weight is 363 g/mol. The van der Waals surface area contributed by atoms with Crippen molar-refractivity contribution in [2.45, 2.75) is 20.8 Å². The summed E-state index contributed by atoms with van der Waals surface area (Å²) in [5.41, 5.74) is 0.0721. The van der Waals surface area contributed by atoms with Gasteiger partial charge in [-0.3, -0.25) is 0 Å². The van der Waals surface area contributed by atoms with E-state index in [9.17, 15) is 0 Å². The summed E-state index contributed by atoms with van der Waals surface area (Å²) in [4.78, 5) is 0. The summed E-state index contributed by atoms with van der Waals surface area (Å²) in [5.74, 6) is 3.44. The summed E-state index contributed by atoms with van der Waals surface area (Å²) in [5, 5.41) is 0. The minimum absolute atomic E-state index is 0.0721. The molecule has 0 bridgehead atoms. The summed E-state index contributed by atoms with van der Waals surface area (Å²) in [6.45, 7) is 6.52. The number of benzene rings is 2. The molecule has 0 N–H and O–H groups in total. The van der Waals surface area contributed by atoms with Gasteiger partial charge in [-0.15, -0.1) is 0 Å². The molecule has 0 aliphatic rings. The van der Waals surface area contributed by atoms with Gasteiger partial charge in [-0.1, -0.05) is 0 Å². The molecule has 2 aromatic carbocycles. The fourth-order valence-electron chi connectivity index (χ4n) is 1.57. The van der Waals surface area contributed by atoms with Gasteiger partial charge in [-0.25, -0.2) is 0 Å². The van der Waals surface area contributed by atoms with Gasteiger partial charge >= 0.3 is 124 Å². The third-order valence-electron chi connectivity index (χ3n) is 2.49. The SMILES string of the molecule is CC(C)(C)C#C[Te+](c1ccccc1)c1ccccc1. The molecule has 0 heterocycles. The molecule has 1 heteroatoms. The average Bonchev–Trinajstić information content (AvgIpc) is 2.40. The molecule has 2 rings (SSSR count).